The molecule has 1 N–H and O–H groups in total. The zero-order valence-corrected chi connectivity index (χ0v) is 16.4. The summed E-state index contributed by atoms with van der Waals surface area (Å²) in [5, 5.41) is 9.55. The van der Waals surface area contributed by atoms with Gasteiger partial charge in [0.25, 0.3) is 0 Å². The van der Waals surface area contributed by atoms with Crippen molar-refractivity contribution in [2.45, 2.75) is 25.9 Å². The van der Waals surface area contributed by atoms with E-state index in [0.29, 0.717) is 19.6 Å². The van der Waals surface area contributed by atoms with Gasteiger partial charge in [-0.05, 0) is 37.1 Å². The molecule has 5 rings (SSSR count). The van der Waals surface area contributed by atoms with Crippen LogP contribution in [0.2, 0.25) is 0 Å². The minimum absolute atomic E-state index is 0.0587. The van der Waals surface area contributed by atoms with E-state index in [0.717, 1.165) is 48.6 Å². The number of nitrogens with zero attached hydrogens (tertiary/aromatic N) is 5. The summed E-state index contributed by atoms with van der Waals surface area (Å²) >= 11 is 0. The molecule has 2 fully saturated rings. The van der Waals surface area contributed by atoms with E-state index in [-0.39, 0.29) is 17.9 Å². The molecule has 7 nitrogen and oxygen atoms in total. The van der Waals surface area contributed by atoms with Crippen LogP contribution < -0.4 is 4.90 Å². The van der Waals surface area contributed by atoms with Gasteiger partial charge < -0.3 is 19.5 Å². The van der Waals surface area contributed by atoms with Crippen LogP contribution in [0, 0.1) is 5.41 Å². The normalized spacial score (nSPS) is 21.8. The summed E-state index contributed by atoms with van der Waals surface area (Å²) < 4.78 is 2.07. The van der Waals surface area contributed by atoms with Crippen molar-refractivity contribution >= 4 is 22.9 Å². The van der Waals surface area contributed by atoms with E-state index in [9.17, 15) is 9.90 Å². The molecule has 2 aromatic heterocycles. The van der Waals surface area contributed by atoms with E-state index in [2.05, 4.69) is 14.5 Å². The van der Waals surface area contributed by atoms with Gasteiger partial charge in [-0.15, -0.1) is 0 Å². The third kappa shape index (κ3) is 3.06. The summed E-state index contributed by atoms with van der Waals surface area (Å²) in [4.78, 5) is 26.7. The molecule has 2 aliphatic rings. The predicted octanol–water partition coefficient (Wildman–Crippen LogP) is 2.05. The predicted molar refractivity (Wildman–Crippen MR) is 110 cm³/mol. The summed E-state index contributed by atoms with van der Waals surface area (Å²) in [5.41, 5.74) is 2.53. The number of aliphatic hydroxyl groups is 1. The van der Waals surface area contributed by atoms with Crippen LogP contribution in [0.5, 0.6) is 0 Å². The lowest BCUT2D eigenvalue weighted by Gasteiger charge is -2.24. The minimum atomic E-state index is -0.336. The first-order valence-electron chi connectivity index (χ1n) is 10.2. The molecule has 0 radical (unpaired) electrons. The second-order valence-corrected chi connectivity index (χ2v) is 8.03. The molecule has 1 atom stereocenters. The van der Waals surface area contributed by atoms with Crippen molar-refractivity contribution in [1.29, 1.82) is 0 Å². The fourth-order valence-electron chi connectivity index (χ4n) is 4.78. The number of carbonyl (C=O) groups excluding carboxylic acids is 1. The van der Waals surface area contributed by atoms with E-state index >= 15 is 0 Å². The Kier molecular flexibility index (Phi) is 4.47. The number of aromatic nitrogens is 3. The molecule has 29 heavy (non-hydrogen) atoms. The second kappa shape index (κ2) is 7.15. The summed E-state index contributed by atoms with van der Waals surface area (Å²) in [6.45, 7) is 3.39. The second-order valence-electron chi connectivity index (χ2n) is 8.03. The van der Waals surface area contributed by atoms with Gasteiger partial charge in [0.15, 0.2) is 0 Å². The largest absolute Gasteiger partial charge is 0.395 e. The van der Waals surface area contributed by atoms with Crippen LogP contribution in [0.1, 0.15) is 18.5 Å². The Morgan fingerprint density at radius 3 is 2.72 bits per heavy atom. The number of imidazole rings is 1. The highest BCUT2D eigenvalue weighted by atomic mass is 16.3. The van der Waals surface area contributed by atoms with Crippen molar-refractivity contribution in [2.24, 2.45) is 5.41 Å². The fraction of sp³-hybridized carbons (Fsp3) is 0.409. The Balaban J connectivity index is 1.38. The highest BCUT2D eigenvalue weighted by Crippen LogP contribution is 2.42. The smallest absolute Gasteiger partial charge is 0.231 e. The van der Waals surface area contributed by atoms with E-state index in [1.165, 1.54) is 0 Å². The van der Waals surface area contributed by atoms with Crippen molar-refractivity contribution in [2.75, 3.05) is 31.1 Å². The van der Waals surface area contributed by atoms with E-state index in [1.807, 2.05) is 47.4 Å². The number of rotatable bonds is 5. The number of fused-ring (bicyclic) bond motifs is 1. The molecule has 150 valence electrons. The molecule has 2 saturated heterocycles. The van der Waals surface area contributed by atoms with Crippen molar-refractivity contribution < 1.29 is 9.90 Å². The van der Waals surface area contributed by atoms with Gasteiger partial charge in [-0.25, -0.2) is 4.98 Å². The van der Waals surface area contributed by atoms with Crippen molar-refractivity contribution in [3.8, 4) is 0 Å². The van der Waals surface area contributed by atoms with Gasteiger partial charge in [0.1, 0.15) is 0 Å². The maximum Gasteiger partial charge on any atom is 0.231 e. The van der Waals surface area contributed by atoms with Crippen LogP contribution in [-0.2, 0) is 17.9 Å². The fourth-order valence-corrected chi connectivity index (χ4v) is 4.78. The maximum atomic E-state index is 13.3. The third-order valence-electron chi connectivity index (χ3n) is 6.27. The van der Waals surface area contributed by atoms with Gasteiger partial charge in [0.2, 0.25) is 11.9 Å². The van der Waals surface area contributed by atoms with Crippen LogP contribution in [-0.4, -0.2) is 56.7 Å². The molecule has 2 aliphatic heterocycles. The molecule has 1 amide bonds. The number of anilines is 1. The number of hydrogen-bond donors (Lipinski definition) is 1. The van der Waals surface area contributed by atoms with E-state index in [1.54, 1.807) is 6.20 Å². The first-order valence-corrected chi connectivity index (χ1v) is 10.2. The molecule has 1 aromatic carbocycles. The van der Waals surface area contributed by atoms with E-state index < -0.39 is 0 Å². The Morgan fingerprint density at radius 2 is 1.90 bits per heavy atom. The van der Waals surface area contributed by atoms with Gasteiger partial charge in [-0.3, -0.25) is 9.78 Å². The SMILES string of the molecule is O=C1N(Cc2ccccn2)CCC12CCN(c1nc3ccccc3n1CCO)C2. The highest BCUT2D eigenvalue weighted by molar-refractivity contribution is 5.86. The van der Waals surface area contributed by atoms with Gasteiger partial charge in [0, 0.05) is 32.4 Å². The van der Waals surface area contributed by atoms with Gasteiger partial charge >= 0.3 is 0 Å². The zero-order valence-electron chi connectivity index (χ0n) is 16.4. The standard InChI is InChI=1S/C22H25N5O2/c28-14-13-27-19-7-2-1-6-18(19)24-21(27)26-12-9-22(16-26)8-11-25(20(22)29)15-17-5-3-4-10-23-17/h1-7,10,28H,8-9,11-16H2. The van der Waals surface area contributed by atoms with Gasteiger partial charge in [-0.1, -0.05) is 18.2 Å². The Labute approximate surface area is 169 Å². The molecule has 0 aliphatic carbocycles. The van der Waals surface area contributed by atoms with Crippen LogP contribution in [0.15, 0.2) is 48.7 Å². The molecule has 1 unspecified atom stereocenters. The van der Waals surface area contributed by atoms with Crippen molar-refractivity contribution in [3.05, 3.63) is 54.4 Å². The van der Waals surface area contributed by atoms with Gasteiger partial charge in [0.05, 0.1) is 35.3 Å². The average Bonchev–Trinajstić information content (AvgIpc) is 3.42. The first kappa shape index (κ1) is 18.1. The highest BCUT2D eigenvalue weighted by Gasteiger charge is 2.51. The minimum Gasteiger partial charge on any atom is -0.395 e. The number of likely N-dealkylation sites (tertiary alicyclic amines) is 1. The summed E-state index contributed by atoms with van der Waals surface area (Å²) in [7, 11) is 0. The first-order chi connectivity index (χ1) is 14.2. The zero-order chi connectivity index (χ0) is 19.8. The molecule has 3 aromatic rings. The Bertz CT molecular complexity index is 1030. The Morgan fingerprint density at radius 1 is 1.07 bits per heavy atom. The molecule has 7 heteroatoms. The molecule has 0 saturated carbocycles. The van der Waals surface area contributed by atoms with Crippen molar-refractivity contribution in [3.63, 3.8) is 0 Å². The average molecular weight is 391 g/mol. The molecular formula is C22H25N5O2. The van der Waals surface area contributed by atoms with Gasteiger partial charge in [-0.2, -0.15) is 0 Å². The number of pyridine rings is 1. The third-order valence-corrected chi connectivity index (χ3v) is 6.27. The summed E-state index contributed by atoms with van der Waals surface area (Å²) in [6.07, 6.45) is 3.48. The van der Waals surface area contributed by atoms with Crippen LogP contribution in [0.4, 0.5) is 5.95 Å². The number of benzene rings is 1. The molecule has 4 heterocycles. The molecule has 1 spiro atoms. The Hall–Kier alpha value is -2.93. The maximum absolute atomic E-state index is 13.3. The lowest BCUT2D eigenvalue weighted by Crippen LogP contribution is -2.37. The quantitative estimate of drug-likeness (QED) is 0.721. The monoisotopic (exact) mass is 391 g/mol. The topological polar surface area (TPSA) is 74.5 Å². The lowest BCUT2D eigenvalue weighted by atomic mass is 9.85. The number of amides is 1. The van der Waals surface area contributed by atoms with Crippen LogP contribution >= 0.6 is 0 Å². The number of hydrogen-bond acceptors (Lipinski definition) is 5. The number of para-hydroxylation sites is 2. The molecular weight excluding hydrogens is 366 g/mol. The summed E-state index contributed by atoms with van der Waals surface area (Å²) in [5.74, 6) is 1.09. The number of aliphatic hydroxyl groups excluding tert-OH is 1. The summed E-state index contributed by atoms with van der Waals surface area (Å²) in [6, 6.07) is 13.8. The van der Waals surface area contributed by atoms with Crippen molar-refractivity contribution in [1.82, 2.24) is 19.4 Å². The lowest BCUT2D eigenvalue weighted by molar-refractivity contribution is -0.135. The molecule has 0 bridgehead atoms. The van der Waals surface area contributed by atoms with Crippen LogP contribution in [0.3, 0.4) is 0 Å². The number of carbonyl (C=O) groups is 1. The van der Waals surface area contributed by atoms with E-state index in [4.69, 9.17) is 4.98 Å². The van der Waals surface area contributed by atoms with Crippen LogP contribution in [0.25, 0.3) is 11.0 Å².